The van der Waals surface area contributed by atoms with E-state index in [1.807, 2.05) is 13.8 Å². The van der Waals surface area contributed by atoms with E-state index in [4.69, 9.17) is 11.6 Å². The smallest absolute Gasteiger partial charge is 0.206 e. The monoisotopic (exact) mass is 359 g/mol. The highest BCUT2D eigenvalue weighted by Crippen LogP contribution is 2.32. The van der Waals surface area contributed by atoms with Crippen molar-refractivity contribution < 1.29 is 8.42 Å². The second-order valence-corrected chi connectivity index (χ2v) is 9.31. The minimum absolute atomic E-state index is 0.0237. The number of alkyl halides is 1. The van der Waals surface area contributed by atoms with Crippen LogP contribution in [0.4, 0.5) is 0 Å². The van der Waals surface area contributed by atoms with Crippen LogP contribution in [-0.4, -0.2) is 31.7 Å². The number of halogens is 2. The standard InChI is InChI=1S/C10H15BrClNO2S2/c1-7-6-9(16-10(7)11)17(14,15)13(3)5-4-8(2)12/h6,8H,4-5H2,1-3H3. The minimum atomic E-state index is -3.37. The molecule has 1 heterocycles. The Bertz CT molecular complexity index is 465. The summed E-state index contributed by atoms with van der Waals surface area (Å²) in [5, 5.41) is -0.0237. The minimum Gasteiger partial charge on any atom is -0.206 e. The highest BCUT2D eigenvalue weighted by Gasteiger charge is 2.23. The summed E-state index contributed by atoms with van der Waals surface area (Å²) in [6.45, 7) is 4.16. The molecule has 1 aromatic heterocycles. The van der Waals surface area contributed by atoms with Crippen LogP contribution >= 0.6 is 38.9 Å². The second-order valence-electron chi connectivity index (χ2n) is 3.92. The Hall–Kier alpha value is 0.380. The molecule has 3 nitrogen and oxygen atoms in total. The Morgan fingerprint density at radius 3 is 2.59 bits per heavy atom. The predicted molar refractivity (Wildman–Crippen MR) is 76.5 cm³/mol. The van der Waals surface area contributed by atoms with Crippen LogP contribution in [0.3, 0.4) is 0 Å². The van der Waals surface area contributed by atoms with Crippen molar-refractivity contribution in [3.05, 3.63) is 15.4 Å². The van der Waals surface area contributed by atoms with E-state index in [1.54, 1.807) is 13.1 Å². The Morgan fingerprint density at radius 2 is 2.18 bits per heavy atom. The molecule has 0 amide bonds. The summed E-state index contributed by atoms with van der Waals surface area (Å²) in [6.07, 6.45) is 0.642. The van der Waals surface area contributed by atoms with Crippen molar-refractivity contribution in [1.29, 1.82) is 0 Å². The molecule has 0 aliphatic carbocycles. The Labute approximate surface area is 120 Å². The first-order chi connectivity index (χ1) is 7.75. The lowest BCUT2D eigenvalue weighted by atomic mass is 10.3. The van der Waals surface area contributed by atoms with Gasteiger partial charge in [0.25, 0.3) is 10.0 Å². The maximum atomic E-state index is 12.2. The van der Waals surface area contributed by atoms with Crippen LogP contribution in [0.5, 0.6) is 0 Å². The predicted octanol–water partition coefficient (Wildman–Crippen LogP) is 3.46. The van der Waals surface area contributed by atoms with Crippen LogP contribution in [0.15, 0.2) is 14.1 Å². The van der Waals surface area contributed by atoms with Gasteiger partial charge in [0.15, 0.2) is 0 Å². The second kappa shape index (κ2) is 6.02. The molecule has 0 saturated carbocycles. The van der Waals surface area contributed by atoms with Crippen molar-refractivity contribution in [2.45, 2.75) is 29.9 Å². The molecule has 7 heteroatoms. The highest BCUT2D eigenvalue weighted by atomic mass is 79.9. The van der Waals surface area contributed by atoms with Crippen molar-refractivity contribution in [3.8, 4) is 0 Å². The van der Waals surface area contributed by atoms with Crippen LogP contribution in [0.25, 0.3) is 0 Å². The number of sulfonamides is 1. The topological polar surface area (TPSA) is 37.4 Å². The van der Waals surface area contributed by atoms with Gasteiger partial charge in [-0.15, -0.1) is 22.9 Å². The maximum Gasteiger partial charge on any atom is 0.252 e. The number of hydrogen-bond acceptors (Lipinski definition) is 3. The Morgan fingerprint density at radius 1 is 1.59 bits per heavy atom. The Kier molecular flexibility index (Phi) is 5.46. The van der Waals surface area contributed by atoms with Gasteiger partial charge in [0.1, 0.15) is 4.21 Å². The van der Waals surface area contributed by atoms with Gasteiger partial charge in [0, 0.05) is 19.0 Å². The highest BCUT2D eigenvalue weighted by molar-refractivity contribution is 9.11. The van der Waals surface area contributed by atoms with E-state index in [9.17, 15) is 8.42 Å². The third kappa shape index (κ3) is 3.92. The maximum absolute atomic E-state index is 12.2. The molecule has 0 aliphatic rings. The normalized spacial score (nSPS) is 14.2. The first kappa shape index (κ1) is 15.4. The average Bonchev–Trinajstić information content (AvgIpc) is 2.56. The molecule has 0 fully saturated rings. The molecule has 0 radical (unpaired) electrons. The van der Waals surface area contributed by atoms with Crippen LogP contribution in [0.2, 0.25) is 0 Å². The van der Waals surface area contributed by atoms with Gasteiger partial charge < -0.3 is 0 Å². The van der Waals surface area contributed by atoms with Crippen LogP contribution < -0.4 is 0 Å². The lowest BCUT2D eigenvalue weighted by Gasteiger charge is -2.16. The first-order valence-electron chi connectivity index (χ1n) is 5.11. The number of aryl methyl sites for hydroxylation is 1. The molecule has 1 rings (SSSR count). The number of rotatable bonds is 5. The third-order valence-electron chi connectivity index (χ3n) is 2.34. The van der Waals surface area contributed by atoms with Crippen molar-refractivity contribution in [3.63, 3.8) is 0 Å². The van der Waals surface area contributed by atoms with Crippen molar-refractivity contribution in [2.24, 2.45) is 0 Å². The Balaban J connectivity index is 2.87. The van der Waals surface area contributed by atoms with E-state index in [1.165, 1.54) is 15.6 Å². The van der Waals surface area contributed by atoms with Crippen LogP contribution in [0, 0.1) is 6.92 Å². The molecule has 0 spiro atoms. The van der Waals surface area contributed by atoms with E-state index in [0.717, 1.165) is 9.35 Å². The molecular formula is C10H15BrClNO2S2. The average molecular weight is 361 g/mol. The van der Waals surface area contributed by atoms with E-state index < -0.39 is 10.0 Å². The third-order valence-corrected chi connectivity index (χ3v) is 7.00. The summed E-state index contributed by atoms with van der Waals surface area (Å²) in [7, 11) is -1.79. The zero-order valence-electron chi connectivity index (χ0n) is 9.91. The first-order valence-corrected chi connectivity index (χ1v) is 8.60. The largest absolute Gasteiger partial charge is 0.252 e. The van der Waals surface area contributed by atoms with Gasteiger partial charge >= 0.3 is 0 Å². The molecule has 0 N–H and O–H groups in total. The molecular weight excluding hydrogens is 346 g/mol. The molecule has 1 unspecified atom stereocenters. The fourth-order valence-electron chi connectivity index (χ4n) is 1.19. The fraction of sp³-hybridized carbons (Fsp3) is 0.600. The van der Waals surface area contributed by atoms with Crippen LogP contribution in [0.1, 0.15) is 18.9 Å². The van der Waals surface area contributed by atoms with Gasteiger partial charge in [0.2, 0.25) is 0 Å². The summed E-state index contributed by atoms with van der Waals surface area (Å²) in [6, 6.07) is 1.69. The fourth-order valence-corrected chi connectivity index (χ4v) is 4.91. The van der Waals surface area contributed by atoms with Gasteiger partial charge in [-0.1, -0.05) is 0 Å². The van der Waals surface area contributed by atoms with Gasteiger partial charge in [-0.3, -0.25) is 0 Å². The number of hydrogen-bond donors (Lipinski definition) is 0. The molecule has 1 atom stereocenters. The molecule has 0 saturated heterocycles. The molecule has 0 aliphatic heterocycles. The van der Waals surface area contributed by atoms with Gasteiger partial charge in [0.05, 0.1) is 3.79 Å². The summed E-state index contributed by atoms with van der Waals surface area (Å²) in [4.78, 5) is 0. The zero-order chi connectivity index (χ0) is 13.2. The summed E-state index contributed by atoms with van der Waals surface area (Å²) < 4.78 is 26.9. The zero-order valence-corrected chi connectivity index (χ0v) is 13.9. The SMILES string of the molecule is Cc1cc(S(=O)(=O)N(C)CCC(C)Cl)sc1Br. The van der Waals surface area contributed by atoms with Gasteiger partial charge in [-0.25, -0.2) is 12.7 Å². The van der Waals surface area contributed by atoms with E-state index in [0.29, 0.717) is 17.2 Å². The molecule has 1 aromatic rings. The van der Waals surface area contributed by atoms with Gasteiger partial charge in [-0.05, 0) is 47.8 Å². The van der Waals surface area contributed by atoms with E-state index >= 15 is 0 Å². The quantitative estimate of drug-likeness (QED) is 0.754. The van der Waals surface area contributed by atoms with Gasteiger partial charge in [-0.2, -0.15) is 0 Å². The molecule has 0 aromatic carbocycles. The molecule has 17 heavy (non-hydrogen) atoms. The molecule has 98 valence electrons. The van der Waals surface area contributed by atoms with E-state index in [2.05, 4.69) is 15.9 Å². The summed E-state index contributed by atoms with van der Waals surface area (Å²) in [5.41, 5.74) is 0.938. The number of nitrogens with zero attached hydrogens (tertiary/aromatic N) is 1. The van der Waals surface area contributed by atoms with Crippen LogP contribution in [-0.2, 0) is 10.0 Å². The van der Waals surface area contributed by atoms with Crippen molar-refractivity contribution >= 4 is 48.9 Å². The summed E-state index contributed by atoms with van der Waals surface area (Å²) in [5.74, 6) is 0. The number of thiophene rings is 1. The lowest BCUT2D eigenvalue weighted by Crippen LogP contribution is -2.28. The summed E-state index contributed by atoms with van der Waals surface area (Å²) >= 11 is 10.4. The van der Waals surface area contributed by atoms with E-state index in [-0.39, 0.29) is 5.38 Å². The van der Waals surface area contributed by atoms with Crippen molar-refractivity contribution in [1.82, 2.24) is 4.31 Å². The lowest BCUT2D eigenvalue weighted by molar-refractivity contribution is 0.462. The van der Waals surface area contributed by atoms with Crippen molar-refractivity contribution in [2.75, 3.05) is 13.6 Å². The molecule has 0 bridgehead atoms.